The highest BCUT2D eigenvalue weighted by Gasteiger charge is 2.55. The van der Waals surface area contributed by atoms with Crippen LogP contribution in [0.1, 0.15) is 31.8 Å². The van der Waals surface area contributed by atoms with Crippen LogP contribution < -0.4 is 4.74 Å². The Morgan fingerprint density at radius 1 is 0.545 bits per heavy atom. The third kappa shape index (κ3) is 7.50. The van der Waals surface area contributed by atoms with E-state index in [1.807, 2.05) is 30.3 Å². The maximum Gasteiger partial charge on any atom is 0.338 e. The van der Waals surface area contributed by atoms with Crippen LogP contribution in [0.3, 0.4) is 0 Å². The first-order valence-corrected chi connectivity index (χ1v) is 14.2. The number of esters is 2. The zero-order valence-electron chi connectivity index (χ0n) is 24.1. The van der Waals surface area contributed by atoms with Gasteiger partial charge in [0.2, 0.25) is 0 Å². The molecule has 1 aliphatic rings. The third-order valence-corrected chi connectivity index (χ3v) is 7.39. The minimum atomic E-state index is -1.56. The molecule has 6 atom stereocenters. The summed E-state index contributed by atoms with van der Waals surface area (Å²) in [5.41, 5.74) is 2.02. The lowest BCUT2D eigenvalue weighted by Gasteiger charge is -2.46. The average Bonchev–Trinajstić information content (AvgIpc) is 3.08. The van der Waals surface area contributed by atoms with E-state index in [1.54, 1.807) is 92.0 Å². The summed E-state index contributed by atoms with van der Waals surface area (Å²) in [4.78, 5) is 26.7. The molecule has 9 heteroatoms. The van der Waals surface area contributed by atoms with Gasteiger partial charge in [-0.2, -0.15) is 0 Å². The molecule has 0 aromatic heterocycles. The Hall–Kier alpha value is -4.54. The fraction of sp³-hybridized carbons (Fsp3) is 0.257. The van der Waals surface area contributed by atoms with E-state index < -0.39 is 48.6 Å². The van der Waals surface area contributed by atoms with Crippen molar-refractivity contribution in [2.45, 2.75) is 49.8 Å². The molecule has 0 heterocycles. The summed E-state index contributed by atoms with van der Waals surface area (Å²) in [5.74, 6) is -0.787. The van der Waals surface area contributed by atoms with Crippen molar-refractivity contribution in [1.82, 2.24) is 0 Å². The third-order valence-electron chi connectivity index (χ3n) is 7.39. The molecule has 2 N–H and O–H groups in total. The predicted octanol–water partition coefficient (Wildman–Crippen LogP) is 4.35. The molecule has 0 amide bonds. The molecular weight excluding hydrogens is 564 g/mol. The highest BCUT2D eigenvalue weighted by molar-refractivity contribution is 5.90. The van der Waals surface area contributed by atoms with Crippen LogP contribution in [0.4, 0.5) is 0 Å². The molecule has 0 unspecified atom stereocenters. The van der Waals surface area contributed by atoms with Crippen LogP contribution in [-0.2, 0) is 32.2 Å². The molecule has 0 aliphatic heterocycles. The second-order valence-electron chi connectivity index (χ2n) is 10.3. The van der Waals surface area contributed by atoms with Gasteiger partial charge in [-0.05, 0) is 47.5 Å². The van der Waals surface area contributed by atoms with Crippen molar-refractivity contribution in [3.05, 3.63) is 138 Å². The van der Waals surface area contributed by atoms with E-state index in [9.17, 15) is 19.8 Å². The van der Waals surface area contributed by atoms with Crippen molar-refractivity contribution in [1.29, 1.82) is 0 Å². The summed E-state index contributed by atoms with van der Waals surface area (Å²) in [6.45, 7) is 0.0259. The zero-order chi connectivity index (χ0) is 30.9. The normalized spacial score (nSPS) is 23.0. The molecule has 5 rings (SSSR count). The summed E-state index contributed by atoms with van der Waals surface area (Å²) in [7, 11) is 1.56. The summed E-state index contributed by atoms with van der Waals surface area (Å²) in [5, 5.41) is 22.8. The number of aliphatic hydroxyl groups excluding tert-OH is 2. The standard InChI is InChI=1S/C35H34O9/c1-40-27-19-17-24(18-20-27)22-42-31-29(37)28(36)30(41-21-23-11-5-2-6-12-23)32(43-34(38)25-13-7-3-8-14-25)33(31)44-35(39)26-15-9-4-10-16-26/h2-20,28-33,36-37H,21-22H2,1H3/t28-,29+,30+,31+,32-,33-/m1/s1. The van der Waals surface area contributed by atoms with Crippen LogP contribution in [0.2, 0.25) is 0 Å². The smallest absolute Gasteiger partial charge is 0.338 e. The minimum Gasteiger partial charge on any atom is -0.497 e. The molecule has 1 saturated carbocycles. The Bertz CT molecular complexity index is 1480. The fourth-order valence-corrected chi connectivity index (χ4v) is 5.02. The number of methoxy groups -OCH3 is 1. The molecule has 0 radical (unpaired) electrons. The Morgan fingerprint density at radius 2 is 0.932 bits per heavy atom. The van der Waals surface area contributed by atoms with Crippen molar-refractivity contribution >= 4 is 11.9 Å². The van der Waals surface area contributed by atoms with Gasteiger partial charge >= 0.3 is 11.9 Å². The SMILES string of the molecule is COc1ccc(CO[C@H]2[C@@H](O)[C@@H](O)[C@H](OCc3ccccc3)[C@@H](OC(=O)c3ccccc3)[C@@H]2OC(=O)c2ccccc2)cc1. The van der Waals surface area contributed by atoms with Crippen LogP contribution >= 0.6 is 0 Å². The lowest BCUT2D eigenvalue weighted by Crippen LogP contribution is -2.66. The number of hydrogen-bond acceptors (Lipinski definition) is 9. The van der Waals surface area contributed by atoms with Crippen LogP contribution in [0.15, 0.2) is 115 Å². The predicted molar refractivity (Wildman–Crippen MR) is 160 cm³/mol. The van der Waals surface area contributed by atoms with Gasteiger partial charge < -0.3 is 33.9 Å². The first kappa shape index (κ1) is 30.9. The first-order chi connectivity index (χ1) is 21.4. The summed E-state index contributed by atoms with van der Waals surface area (Å²) < 4.78 is 29.4. The zero-order valence-corrected chi connectivity index (χ0v) is 24.1. The number of benzene rings is 4. The molecule has 44 heavy (non-hydrogen) atoms. The molecule has 9 nitrogen and oxygen atoms in total. The second-order valence-corrected chi connectivity index (χ2v) is 10.3. The van der Waals surface area contributed by atoms with Crippen LogP contribution in [0.25, 0.3) is 0 Å². The number of ether oxygens (including phenoxy) is 5. The van der Waals surface area contributed by atoms with E-state index in [2.05, 4.69) is 0 Å². The van der Waals surface area contributed by atoms with Gasteiger partial charge in [-0.1, -0.05) is 78.9 Å². The van der Waals surface area contributed by atoms with Crippen LogP contribution in [0.5, 0.6) is 5.75 Å². The van der Waals surface area contributed by atoms with E-state index in [4.69, 9.17) is 23.7 Å². The topological polar surface area (TPSA) is 121 Å². The van der Waals surface area contributed by atoms with Gasteiger partial charge in [-0.3, -0.25) is 0 Å². The number of aliphatic hydroxyl groups is 2. The van der Waals surface area contributed by atoms with E-state index in [1.165, 1.54) is 0 Å². The van der Waals surface area contributed by atoms with Gasteiger partial charge in [-0.25, -0.2) is 9.59 Å². The molecule has 228 valence electrons. The molecule has 1 fully saturated rings. The quantitative estimate of drug-likeness (QED) is 0.243. The maximum absolute atomic E-state index is 13.4. The highest BCUT2D eigenvalue weighted by atomic mass is 16.6. The second kappa shape index (κ2) is 14.8. The number of carbonyl (C=O) groups is 2. The number of carbonyl (C=O) groups excluding carboxylic acids is 2. The van der Waals surface area contributed by atoms with Crippen LogP contribution in [-0.4, -0.2) is 65.9 Å². The van der Waals surface area contributed by atoms with Crippen molar-refractivity contribution in [3.63, 3.8) is 0 Å². The molecule has 1 aliphatic carbocycles. The molecule has 0 saturated heterocycles. The van der Waals surface area contributed by atoms with Gasteiger partial charge in [0.25, 0.3) is 0 Å². The Balaban J connectivity index is 1.48. The van der Waals surface area contributed by atoms with Crippen molar-refractivity contribution in [2.24, 2.45) is 0 Å². The largest absolute Gasteiger partial charge is 0.497 e. The Kier molecular flexibility index (Phi) is 10.4. The summed E-state index contributed by atoms with van der Waals surface area (Å²) >= 11 is 0. The van der Waals surface area contributed by atoms with Gasteiger partial charge in [0.1, 0.15) is 30.2 Å². The lowest BCUT2D eigenvalue weighted by atomic mass is 9.84. The Morgan fingerprint density at radius 3 is 1.34 bits per heavy atom. The summed E-state index contributed by atoms with van der Waals surface area (Å²) in [6.07, 6.45) is -8.38. The fourth-order valence-electron chi connectivity index (χ4n) is 5.02. The Labute approximate surface area is 255 Å². The average molecular weight is 599 g/mol. The van der Waals surface area contributed by atoms with E-state index >= 15 is 0 Å². The molecule has 0 bridgehead atoms. The van der Waals surface area contributed by atoms with Crippen molar-refractivity contribution in [2.75, 3.05) is 7.11 Å². The van der Waals surface area contributed by atoms with Gasteiger partial charge in [0.05, 0.1) is 31.5 Å². The van der Waals surface area contributed by atoms with Gasteiger partial charge in [0, 0.05) is 0 Å². The monoisotopic (exact) mass is 598 g/mol. The van der Waals surface area contributed by atoms with Crippen molar-refractivity contribution in [3.8, 4) is 5.75 Å². The lowest BCUT2D eigenvalue weighted by molar-refractivity contribution is -0.249. The van der Waals surface area contributed by atoms with E-state index in [0.29, 0.717) is 5.75 Å². The molecule has 0 spiro atoms. The van der Waals surface area contributed by atoms with Gasteiger partial charge in [0.15, 0.2) is 12.2 Å². The number of rotatable bonds is 11. The van der Waals surface area contributed by atoms with Gasteiger partial charge in [-0.15, -0.1) is 0 Å². The highest BCUT2D eigenvalue weighted by Crippen LogP contribution is 2.33. The molecule has 4 aromatic rings. The van der Waals surface area contributed by atoms with Crippen LogP contribution in [0, 0.1) is 0 Å². The summed E-state index contributed by atoms with van der Waals surface area (Å²) in [6, 6.07) is 32.9. The van der Waals surface area contributed by atoms with E-state index in [-0.39, 0.29) is 24.3 Å². The maximum atomic E-state index is 13.4. The minimum absolute atomic E-state index is 0.00722. The first-order valence-electron chi connectivity index (χ1n) is 14.2. The molecule has 4 aromatic carbocycles. The van der Waals surface area contributed by atoms with Crippen molar-refractivity contribution < 1.29 is 43.5 Å². The molecular formula is C35H34O9. The van der Waals surface area contributed by atoms with E-state index in [0.717, 1.165) is 11.1 Å². The number of hydrogen-bond donors (Lipinski definition) is 2.